The molecule has 6 heteroatoms. The van der Waals surface area contributed by atoms with Gasteiger partial charge in [0.05, 0.1) is 12.7 Å². The van der Waals surface area contributed by atoms with Crippen molar-refractivity contribution in [3.8, 4) is 17.2 Å². The molecule has 0 bridgehead atoms. The fourth-order valence-electron chi connectivity index (χ4n) is 4.27. The van der Waals surface area contributed by atoms with Crippen LogP contribution in [0.4, 0.5) is 0 Å². The summed E-state index contributed by atoms with van der Waals surface area (Å²) in [6.45, 7) is 4.06. The Kier molecular flexibility index (Phi) is 5.96. The molecule has 0 fully saturated rings. The number of nitrogens with zero attached hydrogens (tertiary/aromatic N) is 1. The van der Waals surface area contributed by atoms with Gasteiger partial charge in [-0.2, -0.15) is 0 Å². The van der Waals surface area contributed by atoms with Crippen LogP contribution in [0.1, 0.15) is 32.6 Å². The fourth-order valence-corrected chi connectivity index (χ4v) is 4.68. The van der Waals surface area contributed by atoms with E-state index in [1.54, 1.807) is 13.2 Å². The summed E-state index contributed by atoms with van der Waals surface area (Å²) in [5.41, 5.74) is 4.66. The Bertz CT molecular complexity index is 1250. The summed E-state index contributed by atoms with van der Waals surface area (Å²) in [4.78, 5) is 15.3. The van der Waals surface area contributed by atoms with E-state index in [0.29, 0.717) is 23.8 Å². The van der Waals surface area contributed by atoms with Crippen LogP contribution in [-0.2, 0) is 13.0 Å². The number of benzene rings is 3. The largest absolute Gasteiger partial charge is 0.497 e. The van der Waals surface area contributed by atoms with Crippen LogP contribution in [0.5, 0.6) is 17.2 Å². The molecule has 2 aliphatic heterocycles. The number of rotatable bonds is 5. The summed E-state index contributed by atoms with van der Waals surface area (Å²) < 4.78 is 18.3. The number of Topliss-reactive ketones (excluding diaryl/α,β-unsaturated/α-hetero) is 1. The van der Waals surface area contributed by atoms with Gasteiger partial charge in [0.1, 0.15) is 24.0 Å². The van der Waals surface area contributed by atoms with Gasteiger partial charge in [-0.25, -0.2) is 0 Å². The Labute approximate surface area is 201 Å². The second-order valence-corrected chi connectivity index (χ2v) is 9.20. The topological polar surface area (TPSA) is 48.0 Å². The monoisotopic (exact) mass is 505 g/mol. The van der Waals surface area contributed by atoms with E-state index in [1.165, 1.54) is 5.56 Å². The lowest BCUT2D eigenvalue weighted by Crippen LogP contribution is -2.34. The van der Waals surface area contributed by atoms with Crippen LogP contribution < -0.4 is 14.2 Å². The molecule has 0 spiro atoms. The molecule has 5 nitrogen and oxygen atoms in total. The van der Waals surface area contributed by atoms with E-state index in [-0.39, 0.29) is 5.78 Å². The number of ketones is 1. The molecule has 0 saturated carbocycles. The number of halogens is 1. The van der Waals surface area contributed by atoms with Gasteiger partial charge in [0.25, 0.3) is 0 Å². The molecule has 0 saturated heterocycles. The van der Waals surface area contributed by atoms with Crippen LogP contribution in [-0.4, -0.2) is 31.1 Å². The fraction of sp³-hybridized carbons (Fsp3) is 0.222. The van der Waals surface area contributed by atoms with Gasteiger partial charge in [-0.1, -0.05) is 40.2 Å². The normalized spacial score (nSPS) is 16.2. The molecule has 2 aliphatic rings. The van der Waals surface area contributed by atoms with Crippen LogP contribution in [0.2, 0.25) is 0 Å². The molecule has 168 valence electrons. The SMILES string of the molecule is COc1ccc(CCN2COc3c(cc4c(c3C)O/C(=C\c3cccc(Br)c3)C4=O)C2)cc1. The highest BCUT2D eigenvalue weighted by atomic mass is 79.9. The zero-order valence-electron chi connectivity index (χ0n) is 18.6. The smallest absolute Gasteiger partial charge is 0.231 e. The van der Waals surface area contributed by atoms with Crippen molar-refractivity contribution < 1.29 is 19.0 Å². The molecular formula is C27H24BrNO4. The van der Waals surface area contributed by atoms with E-state index in [0.717, 1.165) is 52.2 Å². The van der Waals surface area contributed by atoms with E-state index in [2.05, 4.69) is 33.0 Å². The number of hydrogen-bond donors (Lipinski definition) is 0. The van der Waals surface area contributed by atoms with Crippen molar-refractivity contribution in [1.82, 2.24) is 4.90 Å². The molecule has 2 heterocycles. The molecule has 5 rings (SSSR count). The molecule has 0 aliphatic carbocycles. The van der Waals surface area contributed by atoms with Crippen molar-refractivity contribution in [2.75, 3.05) is 20.4 Å². The van der Waals surface area contributed by atoms with Crippen molar-refractivity contribution in [3.63, 3.8) is 0 Å². The van der Waals surface area contributed by atoms with Crippen molar-refractivity contribution in [2.24, 2.45) is 0 Å². The Hall–Kier alpha value is -3.09. The van der Waals surface area contributed by atoms with Crippen LogP contribution >= 0.6 is 15.9 Å². The second kappa shape index (κ2) is 9.04. The van der Waals surface area contributed by atoms with E-state index in [9.17, 15) is 4.79 Å². The number of allylic oxidation sites excluding steroid dienone is 1. The number of methoxy groups -OCH3 is 1. The Morgan fingerprint density at radius 1 is 1.12 bits per heavy atom. The van der Waals surface area contributed by atoms with Gasteiger partial charge in [0.15, 0.2) is 5.76 Å². The number of carbonyl (C=O) groups is 1. The first-order valence-electron chi connectivity index (χ1n) is 10.9. The zero-order chi connectivity index (χ0) is 22.9. The van der Waals surface area contributed by atoms with Crippen LogP contribution in [0.3, 0.4) is 0 Å². The first kappa shape index (κ1) is 21.7. The average Bonchev–Trinajstić information content (AvgIpc) is 3.13. The summed E-state index contributed by atoms with van der Waals surface area (Å²) in [5.74, 6) is 2.53. The number of fused-ring (bicyclic) bond motifs is 2. The van der Waals surface area contributed by atoms with Crippen LogP contribution in [0.25, 0.3) is 6.08 Å². The summed E-state index contributed by atoms with van der Waals surface area (Å²) >= 11 is 3.47. The van der Waals surface area contributed by atoms with Gasteiger partial charge in [0.2, 0.25) is 5.78 Å². The van der Waals surface area contributed by atoms with Gasteiger partial charge < -0.3 is 14.2 Å². The predicted octanol–water partition coefficient (Wildman–Crippen LogP) is 5.78. The highest BCUT2D eigenvalue weighted by Gasteiger charge is 2.33. The molecule has 0 N–H and O–H groups in total. The number of hydrogen-bond acceptors (Lipinski definition) is 5. The lowest BCUT2D eigenvalue weighted by molar-refractivity contribution is 0.0954. The lowest BCUT2D eigenvalue weighted by Gasteiger charge is -2.30. The molecule has 3 aromatic carbocycles. The minimum Gasteiger partial charge on any atom is -0.497 e. The van der Waals surface area contributed by atoms with Crippen LogP contribution in [0, 0.1) is 6.92 Å². The minimum atomic E-state index is -0.0915. The van der Waals surface area contributed by atoms with Gasteiger partial charge in [-0.05, 0) is 60.9 Å². The van der Waals surface area contributed by atoms with E-state index in [1.807, 2.05) is 49.4 Å². The molecule has 0 amide bonds. The van der Waals surface area contributed by atoms with Gasteiger partial charge >= 0.3 is 0 Å². The van der Waals surface area contributed by atoms with E-state index < -0.39 is 0 Å². The van der Waals surface area contributed by atoms with Gasteiger partial charge in [-0.3, -0.25) is 9.69 Å². The molecular weight excluding hydrogens is 482 g/mol. The van der Waals surface area contributed by atoms with E-state index >= 15 is 0 Å². The third kappa shape index (κ3) is 4.41. The maximum absolute atomic E-state index is 13.1. The first-order chi connectivity index (χ1) is 16.0. The highest BCUT2D eigenvalue weighted by Crippen LogP contribution is 2.43. The maximum atomic E-state index is 13.1. The first-order valence-corrected chi connectivity index (χ1v) is 11.7. The van der Waals surface area contributed by atoms with Crippen molar-refractivity contribution >= 4 is 27.8 Å². The summed E-state index contributed by atoms with van der Waals surface area (Å²) in [7, 11) is 1.67. The van der Waals surface area contributed by atoms with E-state index in [4.69, 9.17) is 14.2 Å². The minimum absolute atomic E-state index is 0.0915. The molecule has 0 aromatic heterocycles. The number of carbonyl (C=O) groups excluding carboxylic acids is 1. The molecule has 3 aromatic rings. The summed E-state index contributed by atoms with van der Waals surface area (Å²) in [6.07, 6.45) is 2.70. The van der Waals surface area contributed by atoms with Crippen LogP contribution in [0.15, 0.2) is 64.8 Å². The highest BCUT2D eigenvalue weighted by molar-refractivity contribution is 9.10. The standard InChI is InChI=1S/C27H24BrNO4/c1-17-26-20(15-29(16-32-26)11-10-18-6-8-22(31-2)9-7-18)14-23-25(30)24(33-27(17)23)13-19-4-3-5-21(28)12-19/h3-9,12-14H,10-11,15-16H2,1-2H3/b24-13-. The zero-order valence-corrected chi connectivity index (χ0v) is 20.1. The predicted molar refractivity (Wildman–Crippen MR) is 131 cm³/mol. The Balaban J connectivity index is 1.33. The van der Waals surface area contributed by atoms with Crippen molar-refractivity contribution in [2.45, 2.75) is 19.9 Å². The summed E-state index contributed by atoms with van der Waals surface area (Å²) in [6, 6.07) is 17.8. The van der Waals surface area contributed by atoms with Gasteiger partial charge in [-0.15, -0.1) is 0 Å². The Morgan fingerprint density at radius 3 is 2.70 bits per heavy atom. The molecule has 0 radical (unpaired) electrons. The molecule has 0 unspecified atom stereocenters. The summed E-state index contributed by atoms with van der Waals surface area (Å²) in [5, 5.41) is 0. The molecule has 33 heavy (non-hydrogen) atoms. The van der Waals surface area contributed by atoms with Crippen molar-refractivity contribution in [1.29, 1.82) is 0 Å². The third-order valence-corrected chi connectivity index (χ3v) is 6.52. The Morgan fingerprint density at radius 2 is 1.94 bits per heavy atom. The maximum Gasteiger partial charge on any atom is 0.231 e. The van der Waals surface area contributed by atoms with Crippen molar-refractivity contribution in [3.05, 3.63) is 92.6 Å². The quantitative estimate of drug-likeness (QED) is 0.411. The number of ether oxygens (including phenoxy) is 3. The third-order valence-electron chi connectivity index (χ3n) is 6.02. The second-order valence-electron chi connectivity index (χ2n) is 8.29. The van der Waals surface area contributed by atoms with Gasteiger partial charge in [0, 0.05) is 28.7 Å². The lowest BCUT2D eigenvalue weighted by atomic mass is 10.00. The average molecular weight is 506 g/mol. The molecule has 0 atom stereocenters.